The first-order valence-electron chi connectivity index (χ1n) is 6.57. The molecule has 0 aliphatic rings. The number of benzene rings is 2. The molecule has 0 unspecified atom stereocenters. The molecular weight excluding hydrogens is 358 g/mol. The fraction of sp³-hybridized carbons (Fsp3) is 0.0714. The third-order valence-electron chi connectivity index (χ3n) is 2.91. The van der Waals surface area contributed by atoms with Crippen LogP contribution in [0.3, 0.4) is 0 Å². The normalized spacial score (nSPS) is 11.0. The van der Waals surface area contributed by atoms with Crippen molar-refractivity contribution < 1.29 is 18.1 Å². The van der Waals surface area contributed by atoms with Crippen molar-refractivity contribution in [2.24, 2.45) is 0 Å². The van der Waals surface area contributed by atoms with Crippen LogP contribution in [0.2, 0.25) is 5.02 Å². The lowest BCUT2D eigenvalue weighted by atomic mass is 10.3. The SMILES string of the molecule is O=C(CNS(=O)(=O)c1ccc([N+](=O)[O-])cc1)Nc1ccc(Cl)cc1. The van der Waals surface area contributed by atoms with Crippen LogP contribution >= 0.6 is 11.6 Å². The van der Waals surface area contributed by atoms with Crippen LogP contribution in [0.5, 0.6) is 0 Å². The summed E-state index contributed by atoms with van der Waals surface area (Å²) in [5.74, 6) is -0.567. The molecule has 0 radical (unpaired) electrons. The minimum atomic E-state index is -3.95. The molecule has 2 aromatic rings. The number of sulfonamides is 1. The number of nitrogens with one attached hydrogen (secondary N) is 2. The summed E-state index contributed by atoms with van der Waals surface area (Å²) in [5.41, 5.74) is 0.244. The van der Waals surface area contributed by atoms with Gasteiger partial charge in [0.05, 0.1) is 16.4 Å². The number of nitrogens with zero attached hydrogens (tertiary/aromatic N) is 1. The second-order valence-electron chi connectivity index (χ2n) is 4.63. The monoisotopic (exact) mass is 369 g/mol. The van der Waals surface area contributed by atoms with Crippen LogP contribution in [0.1, 0.15) is 0 Å². The third kappa shape index (κ3) is 4.75. The molecule has 0 atom stereocenters. The van der Waals surface area contributed by atoms with Gasteiger partial charge in [0.1, 0.15) is 0 Å². The van der Waals surface area contributed by atoms with Crippen LogP contribution in [0.25, 0.3) is 0 Å². The molecule has 0 saturated carbocycles. The van der Waals surface area contributed by atoms with E-state index < -0.39 is 27.4 Å². The molecule has 0 spiro atoms. The molecule has 0 aliphatic heterocycles. The van der Waals surface area contributed by atoms with Gasteiger partial charge in [0.15, 0.2) is 0 Å². The molecule has 0 heterocycles. The van der Waals surface area contributed by atoms with E-state index in [0.29, 0.717) is 10.7 Å². The molecule has 0 aromatic heterocycles. The molecule has 2 rings (SSSR count). The largest absolute Gasteiger partial charge is 0.325 e. The summed E-state index contributed by atoms with van der Waals surface area (Å²) in [6.45, 7) is -0.484. The number of amides is 1. The standard InChI is InChI=1S/C14H12ClN3O5S/c15-10-1-3-11(4-2-10)17-14(19)9-16-24(22,23)13-7-5-12(6-8-13)18(20)21/h1-8,16H,9H2,(H,17,19). The Kier molecular flexibility index (Phi) is 5.50. The van der Waals surface area contributed by atoms with E-state index in [0.717, 1.165) is 24.3 Å². The first-order chi connectivity index (χ1) is 11.3. The molecule has 0 aliphatic carbocycles. The van der Waals surface area contributed by atoms with E-state index in [9.17, 15) is 23.3 Å². The highest BCUT2D eigenvalue weighted by Crippen LogP contribution is 2.16. The van der Waals surface area contributed by atoms with Gasteiger partial charge in [0, 0.05) is 22.8 Å². The van der Waals surface area contributed by atoms with Crippen LogP contribution in [0, 0.1) is 10.1 Å². The zero-order valence-electron chi connectivity index (χ0n) is 12.1. The molecule has 10 heteroatoms. The number of halogens is 1. The van der Waals surface area contributed by atoms with Gasteiger partial charge in [-0.05, 0) is 36.4 Å². The van der Waals surface area contributed by atoms with Gasteiger partial charge < -0.3 is 5.32 Å². The van der Waals surface area contributed by atoms with Crippen LogP contribution in [-0.2, 0) is 14.8 Å². The van der Waals surface area contributed by atoms with Crippen molar-refractivity contribution in [2.75, 3.05) is 11.9 Å². The number of carbonyl (C=O) groups is 1. The summed E-state index contributed by atoms with van der Waals surface area (Å²) in [6.07, 6.45) is 0. The molecule has 2 aromatic carbocycles. The zero-order valence-corrected chi connectivity index (χ0v) is 13.7. The Hall–Kier alpha value is -2.49. The number of carbonyl (C=O) groups excluding carboxylic acids is 1. The molecular formula is C14H12ClN3O5S. The Labute approximate surface area is 142 Å². The van der Waals surface area contributed by atoms with Crippen molar-refractivity contribution in [3.05, 3.63) is 63.7 Å². The van der Waals surface area contributed by atoms with E-state index in [2.05, 4.69) is 10.0 Å². The maximum absolute atomic E-state index is 12.0. The van der Waals surface area contributed by atoms with Crippen molar-refractivity contribution in [2.45, 2.75) is 4.90 Å². The number of rotatable bonds is 6. The summed E-state index contributed by atoms with van der Waals surface area (Å²) < 4.78 is 26.2. The maximum atomic E-state index is 12.0. The average molecular weight is 370 g/mol. The fourth-order valence-electron chi connectivity index (χ4n) is 1.73. The van der Waals surface area contributed by atoms with Crippen molar-refractivity contribution in [1.29, 1.82) is 0 Å². The summed E-state index contributed by atoms with van der Waals surface area (Å²) in [7, 11) is -3.95. The summed E-state index contributed by atoms with van der Waals surface area (Å²) in [4.78, 5) is 21.5. The molecule has 0 fully saturated rings. The maximum Gasteiger partial charge on any atom is 0.269 e. The predicted octanol–water partition coefficient (Wildman–Crippen LogP) is 2.17. The van der Waals surface area contributed by atoms with Crippen LogP contribution in [0.4, 0.5) is 11.4 Å². The Morgan fingerprint density at radius 2 is 1.67 bits per heavy atom. The highest BCUT2D eigenvalue weighted by Gasteiger charge is 2.17. The first kappa shape index (κ1) is 17.9. The zero-order chi connectivity index (χ0) is 17.7. The molecule has 126 valence electrons. The Bertz CT molecular complexity index is 851. The van der Waals surface area contributed by atoms with E-state index in [1.54, 1.807) is 24.3 Å². The lowest BCUT2D eigenvalue weighted by molar-refractivity contribution is -0.384. The Morgan fingerprint density at radius 1 is 1.08 bits per heavy atom. The number of nitro groups is 1. The fourth-order valence-corrected chi connectivity index (χ4v) is 2.84. The van der Waals surface area contributed by atoms with Gasteiger partial charge in [0.2, 0.25) is 15.9 Å². The quantitative estimate of drug-likeness (QED) is 0.597. The van der Waals surface area contributed by atoms with Gasteiger partial charge >= 0.3 is 0 Å². The van der Waals surface area contributed by atoms with E-state index in [1.165, 1.54) is 0 Å². The van der Waals surface area contributed by atoms with Crippen molar-refractivity contribution >= 4 is 38.9 Å². The summed E-state index contributed by atoms with van der Waals surface area (Å²) in [5, 5.41) is 13.6. The molecule has 8 nitrogen and oxygen atoms in total. The van der Waals surface area contributed by atoms with E-state index in [-0.39, 0.29) is 10.6 Å². The van der Waals surface area contributed by atoms with Crippen molar-refractivity contribution in [3.63, 3.8) is 0 Å². The molecule has 0 bridgehead atoms. The summed E-state index contributed by atoms with van der Waals surface area (Å²) >= 11 is 5.72. The Morgan fingerprint density at radius 3 is 2.21 bits per heavy atom. The van der Waals surface area contributed by atoms with Gasteiger partial charge in [0.25, 0.3) is 5.69 Å². The average Bonchev–Trinajstić information content (AvgIpc) is 2.55. The van der Waals surface area contributed by atoms with E-state index in [4.69, 9.17) is 11.6 Å². The molecule has 1 amide bonds. The highest BCUT2D eigenvalue weighted by molar-refractivity contribution is 7.89. The van der Waals surface area contributed by atoms with E-state index in [1.807, 2.05) is 0 Å². The second-order valence-corrected chi connectivity index (χ2v) is 6.83. The lowest BCUT2D eigenvalue weighted by Gasteiger charge is -2.08. The minimum absolute atomic E-state index is 0.174. The van der Waals surface area contributed by atoms with Crippen LogP contribution < -0.4 is 10.0 Å². The number of nitro benzene ring substituents is 1. The van der Waals surface area contributed by atoms with Gasteiger partial charge in [-0.25, -0.2) is 13.1 Å². The first-order valence-corrected chi connectivity index (χ1v) is 8.43. The Balaban J connectivity index is 1.97. The van der Waals surface area contributed by atoms with Gasteiger partial charge in [-0.1, -0.05) is 11.6 Å². The predicted molar refractivity (Wildman–Crippen MR) is 88.4 cm³/mol. The number of non-ortho nitro benzene ring substituents is 1. The minimum Gasteiger partial charge on any atom is -0.325 e. The van der Waals surface area contributed by atoms with Crippen LogP contribution in [0.15, 0.2) is 53.4 Å². The number of anilines is 1. The van der Waals surface area contributed by atoms with Crippen LogP contribution in [-0.4, -0.2) is 25.8 Å². The van der Waals surface area contributed by atoms with Crippen molar-refractivity contribution in [3.8, 4) is 0 Å². The summed E-state index contributed by atoms with van der Waals surface area (Å²) in [6, 6.07) is 10.6. The second kappa shape index (κ2) is 7.39. The van der Waals surface area contributed by atoms with Gasteiger partial charge in [-0.15, -0.1) is 0 Å². The number of hydrogen-bond donors (Lipinski definition) is 2. The molecule has 2 N–H and O–H groups in total. The number of hydrogen-bond acceptors (Lipinski definition) is 5. The highest BCUT2D eigenvalue weighted by atomic mass is 35.5. The topological polar surface area (TPSA) is 118 Å². The van der Waals surface area contributed by atoms with Gasteiger partial charge in [-0.3, -0.25) is 14.9 Å². The van der Waals surface area contributed by atoms with Crippen molar-refractivity contribution in [1.82, 2.24) is 4.72 Å². The smallest absolute Gasteiger partial charge is 0.269 e. The van der Waals surface area contributed by atoms with Gasteiger partial charge in [-0.2, -0.15) is 0 Å². The molecule has 24 heavy (non-hydrogen) atoms. The molecule has 0 saturated heterocycles. The lowest BCUT2D eigenvalue weighted by Crippen LogP contribution is -2.32. The third-order valence-corrected chi connectivity index (χ3v) is 4.58. The van der Waals surface area contributed by atoms with E-state index >= 15 is 0 Å².